The minimum atomic E-state index is -0.141. The SMILES string of the molecule is Nc1ccc(CN2C(=O)CCC2=O)c(Cl)c1. The number of carbonyl (C=O) groups is 2. The Labute approximate surface area is 98.0 Å². The predicted molar refractivity (Wildman–Crippen MR) is 60.7 cm³/mol. The molecule has 1 aromatic carbocycles. The first-order valence-electron chi connectivity index (χ1n) is 4.95. The van der Waals surface area contributed by atoms with E-state index in [9.17, 15) is 9.59 Å². The first-order valence-corrected chi connectivity index (χ1v) is 5.33. The fourth-order valence-corrected chi connectivity index (χ4v) is 1.91. The van der Waals surface area contributed by atoms with Crippen LogP contribution in [-0.2, 0) is 16.1 Å². The molecule has 1 fully saturated rings. The van der Waals surface area contributed by atoms with Gasteiger partial charge in [-0.1, -0.05) is 17.7 Å². The quantitative estimate of drug-likeness (QED) is 0.628. The van der Waals surface area contributed by atoms with Gasteiger partial charge in [0.05, 0.1) is 6.54 Å². The number of hydrogen-bond acceptors (Lipinski definition) is 3. The summed E-state index contributed by atoms with van der Waals surface area (Å²) in [7, 11) is 0. The molecule has 1 heterocycles. The van der Waals surface area contributed by atoms with Crippen molar-refractivity contribution < 1.29 is 9.59 Å². The van der Waals surface area contributed by atoms with Gasteiger partial charge in [-0.15, -0.1) is 0 Å². The van der Waals surface area contributed by atoms with E-state index in [1.54, 1.807) is 18.2 Å². The fraction of sp³-hybridized carbons (Fsp3) is 0.273. The number of nitrogen functional groups attached to an aromatic ring is 1. The van der Waals surface area contributed by atoms with Crippen LogP contribution in [0, 0.1) is 0 Å². The third kappa shape index (κ3) is 2.02. The molecular formula is C11H11ClN2O2. The van der Waals surface area contributed by atoms with Crippen LogP contribution in [0.4, 0.5) is 5.69 Å². The van der Waals surface area contributed by atoms with Crippen LogP contribution in [0.2, 0.25) is 5.02 Å². The third-order valence-corrected chi connectivity index (χ3v) is 2.91. The number of benzene rings is 1. The Hall–Kier alpha value is -1.55. The number of hydrogen-bond donors (Lipinski definition) is 1. The van der Waals surface area contributed by atoms with Gasteiger partial charge in [-0.05, 0) is 17.7 Å². The zero-order chi connectivity index (χ0) is 11.7. The number of carbonyl (C=O) groups excluding carboxylic acids is 2. The molecule has 1 aromatic rings. The fourth-order valence-electron chi connectivity index (χ4n) is 1.66. The van der Waals surface area contributed by atoms with Gasteiger partial charge in [0, 0.05) is 23.6 Å². The summed E-state index contributed by atoms with van der Waals surface area (Å²) in [6.45, 7) is 0.233. The van der Waals surface area contributed by atoms with E-state index in [0.29, 0.717) is 23.6 Å². The van der Waals surface area contributed by atoms with E-state index < -0.39 is 0 Å². The number of rotatable bonds is 2. The van der Waals surface area contributed by atoms with Crippen LogP contribution in [0.15, 0.2) is 18.2 Å². The molecule has 16 heavy (non-hydrogen) atoms. The van der Waals surface area contributed by atoms with Crippen LogP contribution < -0.4 is 5.73 Å². The van der Waals surface area contributed by atoms with Gasteiger partial charge in [-0.3, -0.25) is 14.5 Å². The molecule has 0 spiro atoms. The highest BCUT2D eigenvalue weighted by Crippen LogP contribution is 2.23. The number of amides is 2. The van der Waals surface area contributed by atoms with Crippen molar-refractivity contribution in [3.8, 4) is 0 Å². The highest BCUT2D eigenvalue weighted by atomic mass is 35.5. The van der Waals surface area contributed by atoms with Crippen LogP contribution >= 0.6 is 11.6 Å². The summed E-state index contributed by atoms with van der Waals surface area (Å²) in [5, 5.41) is 0.479. The summed E-state index contributed by atoms with van der Waals surface area (Å²) >= 11 is 5.97. The third-order valence-electron chi connectivity index (χ3n) is 2.56. The molecular weight excluding hydrogens is 228 g/mol. The van der Waals surface area contributed by atoms with Crippen molar-refractivity contribution in [1.82, 2.24) is 4.90 Å². The minimum Gasteiger partial charge on any atom is -0.399 e. The van der Waals surface area contributed by atoms with Crippen LogP contribution in [0.5, 0.6) is 0 Å². The normalized spacial score (nSPS) is 15.9. The zero-order valence-electron chi connectivity index (χ0n) is 8.57. The maximum absolute atomic E-state index is 11.4. The van der Waals surface area contributed by atoms with Crippen molar-refractivity contribution in [2.24, 2.45) is 0 Å². The van der Waals surface area contributed by atoms with Gasteiger partial charge in [-0.2, -0.15) is 0 Å². The molecule has 1 aliphatic rings. The summed E-state index contributed by atoms with van der Waals surface area (Å²) in [6, 6.07) is 5.05. The van der Waals surface area contributed by atoms with E-state index in [1.165, 1.54) is 4.90 Å². The summed E-state index contributed by atoms with van der Waals surface area (Å²) in [5.41, 5.74) is 6.86. The standard InChI is InChI=1S/C11H11ClN2O2/c12-9-5-8(13)2-1-7(9)6-14-10(15)3-4-11(14)16/h1-2,5H,3-4,6,13H2. The molecule has 4 nitrogen and oxygen atoms in total. The van der Waals surface area contributed by atoms with Crippen molar-refractivity contribution in [2.75, 3.05) is 5.73 Å². The van der Waals surface area contributed by atoms with Crippen LogP contribution in [0.25, 0.3) is 0 Å². The molecule has 84 valence electrons. The van der Waals surface area contributed by atoms with Gasteiger partial charge < -0.3 is 5.73 Å². The second-order valence-corrected chi connectivity index (χ2v) is 4.13. The number of imide groups is 1. The summed E-state index contributed by atoms with van der Waals surface area (Å²) < 4.78 is 0. The van der Waals surface area contributed by atoms with E-state index in [2.05, 4.69) is 0 Å². The first kappa shape index (κ1) is 11.0. The minimum absolute atomic E-state index is 0.141. The molecule has 2 N–H and O–H groups in total. The van der Waals surface area contributed by atoms with E-state index in [-0.39, 0.29) is 18.4 Å². The average Bonchev–Trinajstić information content (AvgIpc) is 2.53. The highest BCUT2D eigenvalue weighted by molar-refractivity contribution is 6.31. The Kier molecular flexibility index (Phi) is 2.83. The second-order valence-electron chi connectivity index (χ2n) is 3.72. The topological polar surface area (TPSA) is 63.4 Å². The lowest BCUT2D eigenvalue weighted by Crippen LogP contribution is -2.28. The zero-order valence-corrected chi connectivity index (χ0v) is 9.33. The number of nitrogens with two attached hydrogens (primary N) is 1. The second kappa shape index (κ2) is 4.14. The van der Waals surface area contributed by atoms with E-state index in [1.807, 2.05) is 0 Å². The van der Waals surface area contributed by atoms with E-state index in [0.717, 1.165) is 5.56 Å². The molecule has 5 heteroatoms. The molecule has 2 rings (SSSR count). The molecule has 0 aromatic heterocycles. The van der Waals surface area contributed by atoms with Crippen molar-refractivity contribution in [3.63, 3.8) is 0 Å². The van der Waals surface area contributed by atoms with Crippen molar-refractivity contribution >= 4 is 29.1 Å². The average molecular weight is 239 g/mol. The van der Waals surface area contributed by atoms with Crippen LogP contribution in [-0.4, -0.2) is 16.7 Å². The predicted octanol–water partition coefficient (Wildman–Crippen LogP) is 1.57. The number of halogens is 1. The summed E-state index contributed by atoms with van der Waals surface area (Å²) in [6.07, 6.45) is 0.594. The van der Waals surface area contributed by atoms with Gasteiger partial charge in [-0.25, -0.2) is 0 Å². The molecule has 1 aliphatic heterocycles. The number of anilines is 1. The molecule has 0 bridgehead atoms. The lowest BCUT2D eigenvalue weighted by molar-refractivity contribution is -0.139. The van der Waals surface area contributed by atoms with Crippen molar-refractivity contribution in [2.45, 2.75) is 19.4 Å². The van der Waals surface area contributed by atoms with Gasteiger partial charge >= 0.3 is 0 Å². The number of likely N-dealkylation sites (tertiary alicyclic amines) is 1. The van der Waals surface area contributed by atoms with Crippen LogP contribution in [0.3, 0.4) is 0 Å². The lowest BCUT2D eigenvalue weighted by Gasteiger charge is -2.14. The van der Waals surface area contributed by atoms with Crippen LogP contribution in [0.1, 0.15) is 18.4 Å². The van der Waals surface area contributed by atoms with E-state index in [4.69, 9.17) is 17.3 Å². The highest BCUT2D eigenvalue weighted by Gasteiger charge is 2.29. The number of nitrogens with zero attached hydrogens (tertiary/aromatic N) is 1. The summed E-state index contributed by atoms with van der Waals surface area (Å²) in [5.74, 6) is -0.282. The summed E-state index contributed by atoms with van der Waals surface area (Å²) in [4.78, 5) is 24.0. The maximum Gasteiger partial charge on any atom is 0.229 e. The molecule has 0 unspecified atom stereocenters. The van der Waals surface area contributed by atoms with Crippen molar-refractivity contribution in [1.29, 1.82) is 0 Å². The molecule has 2 amide bonds. The Morgan fingerprint density at radius 3 is 2.44 bits per heavy atom. The van der Waals surface area contributed by atoms with Gasteiger partial charge in [0.1, 0.15) is 0 Å². The molecule has 0 saturated carbocycles. The largest absolute Gasteiger partial charge is 0.399 e. The van der Waals surface area contributed by atoms with Gasteiger partial charge in [0.15, 0.2) is 0 Å². The maximum atomic E-state index is 11.4. The Balaban J connectivity index is 2.20. The smallest absolute Gasteiger partial charge is 0.229 e. The molecule has 0 aliphatic carbocycles. The Bertz CT molecular complexity index is 443. The lowest BCUT2D eigenvalue weighted by atomic mass is 10.2. The Morgan fingerprint density at radius 1 is 1.25 bits per heavy atom. The molecule has 0 atom stereocenters. The van der Waals surface area contributed by atoms with Gasteiger partial charge in [0.25, 0.3) is 0 Å². The molecule has 0 radical (unpaired) electrons. The van der Waals surface area contributed by atoms with Crippen molar-refractivity contribution in [3.05, 3.63) is 28.8 Å². The van der Waals surface area contributed by atoms with E-state index >= 15 is 0 Å². The monoisotopic (exact) mass is 238 g/mol. The Morgan fingerprint density at radius 2 is 1.88 bits per heavy atom. The van der Waals surface area contributed by atoms with Gasteiger partial charge in [0.2, 0.25) is 11.8 Å². The molecule has 1 saturated heterocycles. The first-order chi connectivity index (χ1) is 7.58.